The quantitative estimate of drug-likeness (QED) is 0.702. The Morgan fingerprint density at radius 3 is 2.43 bits per heavy atom. The second-order valence-electron chi connectivity index (χ2n) is 3.74. The van der Waals surface area contributed by atoms with Gasteiger partial charge in [0.05, 0.1) is 5.75 Å². The summed E-state index contributed by atoms with van der Waals surface area (Å²) in [6, 6.07) is 0. The van der Waals surface area contributed by atoms with Crippen molar-refractivity contribution >= 4 is 10.0 Å². The van der Waals surface area contributed by atoms with E-state index in [-0.39, 0.29) is 5.75 Å². The molecular formula is C9H19NO3S. The average molecular weight is 221 g/mol. The molecule has 0 atom stereocenters. The van der Waals surface area contributed by atoms with E-state index in [0.29, 0.717) is 12.5 Å². The van der Waals surface area contributed by atoms with E-state index in [1.54, 1.807) is 14.0 Å². The second kappa shape index (κ2) is 5.09. The van der Waals surface area contributed by atoms with Crippen molar-refractivity contribution in [3.8, 4) is 0 Å². The number of nitrogens with zero attached hydrogens (tertiary/aromatic N) is 1. The third-order valence-corrected chi connectivity index (χ3v) is 4.52. The Bertz CT molecular complexity index is 257. The Morgan fingerprint density at radius 1 is 1.36 bits per heavy atom. The van der Waals surface area contributed by atoms with Gasteiger partial charge in [-0.15, -0.1) is 0 Å². The van der Waals surface area contributed by atoms with Crippen LogP contribution in [0.25, 0.3) is 0 Å². The van der Waals surface area contributed by atoms with E-state index >= 15 is 0 Å². The number of ether oxygens (including phenoxy) is 1. The van der Waals surface area contributed by atoms with E-state index in [0.717, 1.165) is 26.1 Å². The van der Waals surface area contributed by atoms with Crippen LogP contribution in [0.15, 0.2) is 0 Å². The van der Waals surface area contributed by atoms with Crippen LogP contribution in [0.1, 0.15) is 19.8 Å². The van der Waals surface area contributed by atoms with Crippen molar-refractivity contribution in [3.63, 3.8) is 0 Å². The Hall–Kier alpha value is -0.130. The summed E-state index contributed by atoms with van der Waals surface area (Å²) in [5, 5.41) is 0. The highest BCUT2D eigenvalue weighted by molar-refractivity contribution is 7.89. The lowest BCUT2D eigenvalue weighted by Crippen LogP contribution is -2.35. The summed E-state index contributed by atoms with van der Waals surface area (Å²) in [6.45, 7) is 3.85. The fraction of sp³-hybridized carbons (Fsp3) is 1.00. The highest BCUT2D eigenvalue weighted by atomic mass is 32.2. The Balaban J connectivity index is 2.43. The van der Waals surface area contributed by atoms with Crippen LogP contribution < -0.4 is 0 Å². The molecule has 0 aliphatic carbocycles. The predicted molar refractivity (Wildman–Crippen MR) is 55.6 cm³/mol. The number of hydrogen-bond acceptors (Lipinski definition) is 3. The van der Waals surface area contributed by atoms with Gasteiger partial charge in [0.25, 0.3) is 0 Å². The van der Waals surface area contributed by atoms with Crippen LogP contribution in [0.3, 0.4) is 0 Å². The predicted octanol–water partition coefficient (Wildman–Crippen LogP) is 0.694. The van der Waals surface area contributed by atoms with Gasteiger partial charge in [0.15, 0.2) is 0 Å². The largest absolute Gasteiger partial charge is 0.381 e. The molecule has 0 aromatic heterocycles. The summed E-state index contributed by atoms with van der Waals surface area (Å²) >= 11 is 0. The van der Waals surface area contributed by atoms with Gasteiger partial charge in [0, 0.05) is 26.8 Å². The molecule has 0 radical (unpaired) electrons. The molecule has 1 aliphatic heterocycles. The standard InChI is InChI=1S/C9H19NO3S/c1-3-14(11,12)10(2)8-9-4-6-13-7-5-9/h9H,3-8H2,1-2H3. The molecule has 0 aromatic carbocycles. The molecule has 4 nitrogen and oxygen atoms in total. The lowest BCUT2D eigenvalue weighted by molar-refractivity contribution is 0.0620. The molecule has 84 valence electrons. The van der Waals surface area contributed by atoms with Crippen LogP contribution in [0.2, 0.25) is 0 Å². The summed E-state index contributed by atoms with van der Waals surface area (Å²) < 4.78 is 29.6. The fourth-order valence-corrected chi connectivity index (χ4v) is 2.51. The monoisotopic (exact) mass is 221 g/mol. The maximum absolute atomic E-state index is 11.5. The van der Waals surface area contributed by atoms with Gasteiger partial charge in [0.1, 0.15) is 0 Å². The highest BCUT2D eigenvalue weighted by Gasteiger charge is 2.21. The molecule has 1 fully saturated rings. The maximum atomic E-state index is 11.5. The molecule has 0 bridgehead atoms. The fourth-order valence-electron chi connectivity index (χ4n) is 1.63. The summed E-state index contributed by atoms with van der Waals surface area (Å²) in [7, 11) is -1.34. The number of rotatable bonds is 4. The SMILES string of the molecule is CCS(=O)(=O)N(C)CC1CCOCC1. The van der Waals surface area contributed by atoms with Crippen molar-refractivity contribution in [3.05, 3.63) is 0 Å². The van der Waals surface area contributed by atoms with Crippen molar-refractivity contribution in [1.29, 1.82) is 0 Å². The normalized spacial score (nSPS) is 20.2. The second-order valence-corrected chi connectivity index (χ2v) is 6.10. The summed E-state index contributed by atoms with van der Waals surface area (Å²) in [6.07, 6.45) is 1.95. The van der Waals surface area contributed by atoms with Gasteiger partial charge in [-0.05, 0) is 25.7 Å². The smallest absolute Gasteiger partial charge is 0.213 e. The number of sulfonamides is 1. The molecular weight excluding hydrogens is 202 g/mol. The molecule has 0 saturated carbocycles. The van der Waals surface area contributed by atoms with Crippen molar-refractivity contribution in [2.45, 2.75) is 19.8 Å². The Labute approximate surface area is 86.3 Å². The van der Waals surface area contributed by atoms with Crippen LogP contribution >= 0.6 is 0 Å². The molecule has 1 saturated heterocycles. The van der Waals surface area contributed by atoms with Gasteiger partial charge in [-0.2, -0.15) is 0 Å². The van der Waals surface area contributed by atoms with E-state index in [1.165, 1.54) is 4.31 Å². The molecule has 1 aliphatic rings. The first-order valence-electron chi connectivity index (χ1n) is 5.08. The third-order valence-electron chi connectivity index (χ3n) is 2.70. The third kappa shape index (κ3) is 3.22. The van der Waals surface area contributed by atoms with Gasteiger partial charge in [0.2, 0.25) is 10.0 Å². The maximum Gasteiger partial charge on any atom is 0.213 e. The topological polar surface area (TPSA) is 46.6 Å². The molecule has 0 unspecified atom stereocenters. The first-order chi connectivity index (χ1) is 6.56. The molecule has 1 rings (SSSR count). The van der Waals surface area contributed by atoms with Gasteiger partial charge in [-0.1, -0.05) is 0 Å². The minimum atomic E-state index is -3.01. The van der Waals surface area contributed by atoms with Crippen LogP contribution in [-0.4, -0.2) is 45.3 Å². The van der Waals surface area contributed by atoms with E-state index in [1.807, 2.05) is 0 Å². The van der Waals surface area contributed by atoms with E-state index in [4.69, 9.17) is 4.74 Å². The molecule has 5 heteroatoms. The lowest BCUT2D eigenvalue weighted by atomic mass is 10.0. The van der Waals surface area contributed by atoms with Gasteiger partial charge in [-0.3, -0.25) is 0 Å². The average Bonchev–Trinajstić information content (AvgIpc) is 2.19. The van der Waals surface area contributed by atoms with Crippen LogP contribution in [0.5, 0.6) is 0 Å². The molecule has 0 aromatic rings. The van der Waals surface area contributed by atoms with Crippen LogP contribution in [0, 0.1) is 5.92 Å². The van der Waals surface area contributed by atoms with Crippen LogP contribution in [0.4, 0.5) is 0 Å². The molecule has 0 spiro atoms. The Kier molecular flexibility index (Phi) is 4.34. The number of hydrogen-bond donors (Lipinski definition) is 0. The first kappa shape index (κ1) is 11.9. The molecule has 0 amide bonds. The molecule has 1 heterocycles. The van der Waals surface area contributed by atoms with Crippen molar-refractivity contribution < 1.29 is 13.2 Å². The van der Waals surface area contributed by atoms with Crippen LogP contribution in [-0.2, 0) is 14.8 Å². The van der Waals surface area contributed by atoms with E-state index < -0.39 is 10.0 Å². The van der Waals surface area contributed by atoms with Gasteiger partial charge in [-0.25, -0.2) is 12.7 Å². The zero-order valence-corrected chi connectivity index (χ0v) is 9.72. The minimum Gasteiger partial charge on any atom is -0.381 e. The molecule has 0 N–H and O–H groups in total. The zero-order chi connectivity index (χ0) is 10.6. The highest BCUT2D eigenvalue weighted by Crippen LogP contribution is 2.16. The van der Waals surface area contributed by atoms with Gasteiger partial charge < -0.3 is 4.74 Å². The van der Waals surface area contributed by atoms with E-state index in [2.05, 4.69) is 0 Å². The summed E-state index contributed by atoms with van der Waals surface area (Å²) in [5.74, 6) is 0.655. The van der Waals surface area contributed by atoms with Crippen molar-refractivity contribution in [1.82, 2.24) is 4.31 Å². The summed E-state index contributed by atoms with van der Waals surface area (Å²) in [4.78, 5) is 0. The Morgan fingerprint density at radius 2 is 1.93 bits per heavy atom. The lowest BCUT2D eigenvalue weighted by Gasteiger charge is -2.26. The van der Waals surface area contributed by atoms with Crippen molar-refractivity contribution in [2.75, 3.05) is 32.6 Å². The van der Waals surface area contributed by atoms with Gasteiger partial charge >= 0.3 is 0 Å². The zero-order valence-electron chi connectivity index (χ0n) is 8.90. The molecule has 14 heavy (non-hydrogen) atoms. The first-order valence-corrected chi connectivity index (χ1v) is 6.69. The van der Waals surface area contributed by atoms with Crippen molar-refractivity contribution in [2.24, 2.45) is 5.92 Å². The summed E-state index contributed by atoms with van der Waals surface area (Å²) in [5.41, 5.74) is 0. The minimum absolute atomic E-state index is 0.187. The van der Waals surface area contributed by atoms with E-state index in [9.17, 15) is 8.42 Å².